The Morgan fingerprint density at radius 2 is 2.25 bits per heavy atom. The highest BCUT2D eigenvalue weighted by atomic mass is 15.0. The van der Waals surface area contributed by atoms with Gasteiger partial charge in [-0.2, -0.15) is 0 Å². The molecule has 0 aromatic carbocycles. The van der Waals surface area contributed by atoms with Crippen molar-refractivity contribution < 1.29 is 0 Å². The molecule has 0 saturated heterocycles. The molecule has 0 spiro atoms. The minimum Gasteiger partial charge on any atom is -0.359 e. The lowest BCUT2D eigenvalue weighted by Crippen LogP contribution is -2.03. The average molecular weight is 161 g/mol. The molecule has 0 aliphatic rings. The van der Waals surface area contributed by atoms with Crippen molar-refractivity contribution in [3.05, 3.63) is 17.6 Å². The topological polar surface area (TPSA) is 37.8 Å². The van der Waals surface area contributed by atoms with Crippen molar-refractivity contribution in [3.8, 4) is 12.3 Å². The van der Waals surface area contributed by atoms with Gasteiger partial charge in [-0.15, -0.1) is 6.42 Å². The molecule has 12 heavy (non-hydrogen) atoms. The Morgan fingerprint density at radius 3 is 2.83 bits per heavy atom. The molecule has 0 saturated carbocycles. The molecule has 0 fully saturated rings. The first-order valence-corrected chi connectivity index (χ1v) is 3.72. The van der Waals surface area contributed by atoms with Crippen LogP contribution in [0.15, 0.2) is 6.07 Å². The summed E-state index contributed by atoms with van der Waals surface area (Å²) in [6, 6.07) is 1.87. The lowest BCUT2D eigenvalue weighted by Gasteiger charge is -2.02. The van der Waals surface area contributed by atoms with E-state index in [1.807, 2.05) is 19.9 Å². The van der Waals surface area contributed by atoms with E-state index < -0.39 is 0 Å². The zero-order chi connectivity index (χ0) is 8.97. The fourth-order valence-electron chi connectivity index (χ4n) is 0.949. The number of anilines is 1. The molecular formula is C9H11N3. The number of aryl methyl sites for hydroxylation is 2. The second kappa shape index (κ2) is 3.72. The predicted molar refractivity (Wildman–Crippen MR) is 48.8 cm³/mol. The van der Waals surface area contributed by atoms with Crippen LogP contribution in [0, 0.1) is 26.2 Å². The van der Waals surface area contributed by atoms with Gasteiger partial charge in [0, 0.05) is 11.8 Å². The second-order valence-electron chi connectivity index (χ2n) is 2.50. The van der Waals surface area contributed by atoms with Crippen LogP contribution in [-0.2, 0) is 0 Å². The summed E-state index contributed by atoms with van der Waals surface area (Å²) in [6.07, 6.45) is 5.10. The maximum atomic E-state index is 5.10. The minimum atomic E-state index is 0.496. The van der Waals surface area contributed by atoms with Crippen LogP contribution in [0.3, 0.4) is 0 Å². The summed E-state index contributed by atoms with van der Waals surface area (Å²) in [5.41, 5.74) is 0.946. The highest BCUT2D eigenvalue weighted by Crippen LogP contribution is 2.04. The molecule has 3 heteroatoms. The molecule has 0 radical (unpaired) electrons. The van der Waals surface area contributed by atoms with E-state index in [1.165, 1.54) is 0 Å². The van der Waals surface area contributed by atoms with Gasteiger partial charge in [0.05, 0.1) is 6.54 Å². The molecule has 0 amide bonds. The number of nitrogens with one attached hydrogen (secondary N) is 1. The fraction of sp³-hybridized carbons (Fsp3) is 0.333. The van der Waals surface area contributed by atoms with Crippen molar-refractivity contribution in [2.45, 2.75) is 13.8 Å². The molecule has 0 bridgehead atoms. The number of aromatic nitrogens is 2. The van der Waals surface area contributed by atoms with Crippen LogP contribution in [0.5, 0.6) is 0 Å². The summed E-state index contributed by atoms with van der Waals surface area (Å²) in [5, 5.41) is 2.99. The highest BCUT2D eigenvalue weighted by Gasteiger charge is 1.95. The lowest BCUT2D eigenvalue weighted by atomic mass is 10.4. The quantitative estimate of drug-likeness (QED) is 0.661. The Balaban J connectivity index is 2.80. The zero-order valence-electron chi connectivity index (χ0n) is 7.26. The Kier molecular flexibility index (Phi) is 2.65. The summed E-state index contributed by atoms with van der Waals surface area (Å²) in [5.74, 6) is 4.03. The summed E-state index contributed by atoms with van der Waals surface area (Å²) in [4.78, 5) is 8.29. The molecule has 1 N–H and O–H groups in total. The van der Waals surface area contributed by atoms with Gasteiger partial charge in [0.2, 0.25) is 0 Å². The normalized spacial score (nSPS) is 9.08. The number of terminal acetylenes is 1. The minimum absolute atomic E-state index is 0.496. The van der Waals surface area contributed by atoms with Crippen molar-refractivity contribution in [3.63, 3.8) is 0 Å². The summed E-state index contributed by atoms with van der Waals surface area (Å²) < 4.78 is 0. The molecule has 3 nitrogen and oxygen atoms in total. The van der Waals surface area contributed by atoms with Crippen LogP contribution in [0.2, 0.25) is 0 Å². The van der Waals surface area contributed by atoms with Gasteiger partial charge >= 0.3 is 0 Å². The standard InChI is InChI=1S/C9H11N3/c1-4-5-10-9-6-7(2)11-8(3)12-9/h1,6H,5H2,2-3H3,(H,10,11,12). The maximum absolute atomic E-state index is 5.10. The Bertz CT molecular complexity index is 292. The van der Waals surface area contributed by atoms with Gasteiger partial charge in [0.1, 0.15) is 11.6 Å². The van der Waals surface area contributed by atoms with E-state index >= 15 is 0 Å². The van der Waals surface area contributed by atoms with E-state index in [4.69, 9.17) is 6.42 Å². The van der Waals surface area contributed by atoms with Crippen LogP contribution >= 0.6 is 0 Å². The van der Waals surface area contributed by atoms with Crippen LogP contribution < -0.4 is 5.32 Å². The zero-order valence-corrected chi connectivity index (χ0v) is 7.26. The Labute approximate surface area is 72.2 Å². The molecule has 1 aromatic rings. The molecule has 62 valence electrons. The van der Waals surface area contributed by atoms with E-state index in [-0.39, 0.29) is 0 Å². The van der Waals surface area contributed by atoms with Crippen molar-refractivity contribution in [1.82, 2.24) is 9.97 Å². The van der Waals surface area contributed by atoms with Crippen LogP contribution in [0.25, 0.3) is 0 Å². The maximum Gasteiger partial charge on any atom is 0.130 e. The SMILES string of the molecule is C#CCNc1cc(C)nc(C)n1. The predicted octanol–water partition coefficient (Wildman–Crippen LogP) is 1.14. The van der Waals surface area contributed by atoms with Gasteiger partial charge in [-0.1, -0.05) is 5.92 Å². The van der Waals surface area contributed by atoms with Crippen molar-refractivity contribution in [2.75, 3.05) is 11.9 Å². The third-order valence-corrected chi connectivity index (χ3v) is 1.34. The van der Waals surface area contributed by atoms with E-state index in [9.17, 15) is 0 Å². The molecule has 0 aliphatic carbocycles. The molecular weight excluding hydrogens is 150 g/mol. The first-order chi connectivity index (χ1) is 5.72. The van der Waals surface area contributed by atoms with E-state index in [1.54, 1.807) is 0 Å². The number of hydrogen-bond acceptors (Lipinski definition) is 3. The van der Waals surface area contributed by atoms with Crippen molar-refractivity contribution in [1.29, 1.82) is 0 Å². The first kappa shape index (κ1) is 8.54. The average Bonchev–Trinajstić information content (AvgIpc) is 1.99. The van der Waals surface area contributed by atoms with Gasteiger partial charge in [-0.05, 0) is 13.8 Å². The van der Waals surface area contributed by atoms with E-state index in [2.05, 4.69) is 21.2 Å². The van der Waals surface area contributed by atoms with E-state index in [0.717, 1.165) is 17.3 Å². The van der Waals surface area contributed by atoms with Crippen LogP contribution in [-0.4, -0.2) is 16.5 Å². The largest absolute Gasteiger partial charge is 0.359 e. The number of nitrogens with zero attached hydrogens (tertiary/aromatic N) is 2. The highest BCUT2D eigenvalue weighted by molar-refractivity contribution is 5.36. The van der Waals surface area contributed by atoms with Crippen molar-refractivity contribution >= 4 is 5.82 Å². The monoisotopic (exact) mass is 161 g/mol. The summed E-state index contributed by atoms with van der Waals surface area (Å²) in [7, 11) is 0. The van der Waals surface area contributed by atoms with Gasteiger partial charge in [-0.3, -0.25) is 0 Å². The van der Waals surface area contributed by atoms with Gasteiger partial charge < -0.3 is 5.32 Å². The molecule has 0 atom stereocenters. The smallest absolute Gasteiger partial charge is 0.130 e. The molecule has 0 unspecified atom stereocenters. The van der Waals surface area contributed by atoms with Crippen LogP contribution in [0.4, 0.5) is 5.82 Å². The summed E-state index contributed by atoms with van der Waals surface area (Å²) in [6.45, 7) is 4.28. The Morgan fingerprint density at radius 1 is 1.50 bits per heavy atom. The first-order valence-electron chi connectivity index (χ1n) is 3.72. The molecule has 1 rings (SSSR count). The third-order valence-electron chi connectivity index (χ3n) is 1.34. The van der Waals surface area contributed by atoms with Gasteiger partial charge in [0.15, 0.2) is 0 Å². The Hall–Kier alpha value is -1.56. The van der Waals surface area contributed by atoms with E-state index in [0.29, 0.717) is 6.54 Å². The number of hydrogen-bond donors (Lipinski definition) is 1. The third kappa shape index (κ3) is 2.24. The fourth-order valence-corrected chi connectivity index (χ4v) is 0.949. The number of rotatable bonds is 2. The van der Waals surface area contributed by atoms with Crippen LogP contribution in [0.1, 0.15) is 11.5 Å². The molecule has 0 aliphatic heterocycles. The van der Waals surface area contributed by atoms with Gasteiger partial charge in [-0.25, -0.2) is 9.97 Å². The summed E-state index contributed by atoms with van der Waals surface area (Å²) >= 11 is 0. The van der Waals surface area contributed by atoms with Crippen molar-refractivity contribution in [2.24, 2.45) is 0 Å². The lowest BCUT2D eigenvalue weighted by molar-refractivity contribution is 1.01. The van der Waals surface area contributed by atoms with Gasteiger partial charge in [0.25, 0.3) is 0 Å². The molecule has 1 aromatic heterocycles. The molecule has 1 heterocycles. The second-order valence-corrected chi connectivity index (χ2v) is 2.50.